The maximum atomic E-state index is 12.4. The van der Waals surface area contributed by atoms with Gasteiger partial charge in [-0.25, -0.2) is 4.39 Å². The lowest BCUT2D eigenvalue weighted by Gasteiger charge is -2.22. The summed E-state index contributed by atoms with van der Waals surface area (Å²) in [5.41, 5.74) is -0.00281. The number of aliphatic hydroxyl groups is 1. The van der Waals surface area contributed by atoms with Crippen molar-refractivity contribution in [3.8, 4) is 0 Å². The first-order valence-electron chi connectivity index (χ1n) is 5.20. The van der Waals surface area contributed by atoms with E-state index in [0.717, 1.165) is 0 Å². The quantitative estimate of drug-likeness (QED) is 0.682. The van der Waals surface area contributed by atoms with Crippen LogP contribution < -0.4 is 5.32 Å². The molecule has 0 aliphatic rings. The number of carbonyl (C=O) groups excluding carboxylic acids is 1. The third-order valence-corrected chi connectivity index (χ3v) is 1.98. The largest absolute Gasteiger partial charge is 0.394 e. The molecule has 92 valence electrons. The molecule has 0 aromatic rings. The SMILES string of the molecule is CC(=CNC(C)(C)CO)C(=O)/C=C\C(C)F. The van der Waals surface area contributed by atoms with Gasteiger partial charge < -0.3 is 10.4 Å². The number of carbonyl (C=O) groups is 1. The number of alkyl halides is 1. The number of halogens is 1. The van der Waals surface area contributed by atoms with Crippen molar-refractivity contribution in [1.82, 2.24) is 5.32 Å². The van der Waals surface area contributed by atoms with Crippen LogP contribution in [0.15, 0.2) is 23.9 Å². The van der Waals surface area contributed by atoms with Crippen LogP contribution in [-0.2, 0) is 4.79 Å². The Kier molecular flexibility index (Phi) is 5.96. The summed E-state index contributed by atoms with van der Waals surface area (Å²) in [6, 6.07) is 0. The van der Waals surface area contributed by atoms with Crippen molar-refractivity contribution in [2.45, 2.75) is 39.4 Å². The number of hydrogen-bond acceptors (Lipinski definition) is 3. The number of allylic oxidation sites excluding steroid dienone is 3. The molecular weight excluding hydrogens is 209 g/mol. The van der Waals surface area contributed by atoms with E-state index in [1.54, 1.807) is 20.8 Å². The molecule has 0 fully saturated rings. The van der Waals surface area contributed by atoms with Gasteiger partial charge in [0.25, 0.3) is 0 Å². The van der Waals surface area contributed by atoms with Gasteiger partial charge in [0, 0.05) is 11.8 Å². The van der Waals surface area contributed by atoms with Crippen LogP contribution in [0.1, 0.15) is 27.7 Å². The molecule has 0 radical (unpaired) electrons. The van der Waals surface area contributed by atoms with Gasteiger partial charge >= 0.3 is 0 Å². The predicted octanol–water partition coefficient (Wildman–Crippen LogP) is 1.73. The second kappa shape index (κ2) is 6.43. The topological polar surface area (TPSA) is 49.3 Å². The van der Waals surface area contributed by atoms with Gasteiger partial charge in [0.2, 0.25) is 0 Å². The zero-order valence-corrected chi connectivity index (χ0v) is 10.2. The Hall–Kier alpha value is -1.16. The van der Waals surface area contributed by atoms with Gasteiger partial charge in [0.15, 0.2) is 5.78 Å². The summed E-state index contributed by atoms with van der Waals surface area (Å²) >= 11 is 0. The summed E-state index contributed by atoms with van der Waals surface area (Å²) in [5, 5.41) is 11.9. The third kappa shape index (κ3) is 6.35. The minimum absolute atomic E-state index is 0.0394. The molecule has 1 atom stereocenters. The third-order valence-electron chi connectivity index (χ3n) is 1.98. The minimum atomic E-state index is -1.13. The van der Waals surface area contributed by atoms with E-state index in [1.807, 2.05) is 0 Å². The first-order chi connectivity index (χ1) is 7.28. The maximum Gasteiger partial charge on any atom is 0.182 e. The van der Waals surface area contributed by atoms with E-state index in [9.17, 15) is 9.18 Å². The van der Waals surface area contributed by atoms with Gasteiger partial charge in [-0.1, -0.05) is 0 Å². The molecule has 16 heavy (non-hydrogen) atoms. The molecule has 0 saturated carbocycles. The lowest BCUT2D eigenvalue weighted by Crippen LogP contribution is -2.39. The predicted molar refractivity (Wildman–Crippen MR) is 62.8 cm³/mol. The van der Waals surface area contributed by atoms with Crippen molar-refractivity contribution >= 4 is 5.78 Å². The fourth-order valence-electron chi connectivity index (χ4n) is 0.772. The molecule has 4 heteroatoms. The lowest BCUT2D eigenvalue weighted by atomic mass is 10.1. The summed E-state index contributed by atoms with van der Waals surface area (Å²) in [6.45, 7) is 6.57. The van der Waals surface area contributed by atoms with E-state index in [0.29, 0.717) is 5.57 Å². The van der Waals surface area contributed by atoms with Crippen molar-refractivity contribution in [2.75, 3.05) is 6.61 Å². The van der Waals surface area contributed by atoms with Gasteiger partial charge in [-0.2, -0.15) is 0 Å². The van der Waals surface area contributed by atoms with Crippen LogP contribution in [0.25, 0.3) is 0 Å². The van der Waals surface area contributed by atoms with Crippen molar-refractivity contribution < 1.29 is 14.3 Å². The van der Waals surface area contributed by atoms with Crippen molar-refractivity contribution in [2.24, 2.45) is 0 Å². The molecule has 0 amide bonds. The number of nitrogens with one attached hydrogen (secondary N) is 1. The second-order valence-corrected chi connectivity index (χ2v) is 4.41. The van der Waals surface area contributed by atoms with Crippen molar-refractivity contribution in [1.29, 1.82) is 0 Å². The molecule has 2 N–H and O–H groups in total. The highest BCUT2D eigenvalue weighted by molar-refractivity contribution is 6.03. The maximum absolute atomic E-state index is 12.4. The second-order valence-electron chi connectivity index (χ2n) is 4.41. The number of ketones is 1. The summed E-state index contributed by atoms with van der Waals surface area (Å²) < 4.78 is 12.4. The van der Waals surface area contributed by atoms with Crippen LogP contribution in [0.2, 0.25) is 0 Å². The Balaban J connectivity index is 4.39. The standard InChI is InChI=1S/C12H20FNO2/c1-9(7-14-12(3,4)8-15)11(16)6-5-10(2)13/h5-7,10,14-15H,8H2,1-4H3/b6-5-,9-7?. The fraction of sp³-hybridized carbons (Fsp3) is 0.583. The normalized spacial score (nSPS) is 15.2. The highest BCUT2D eigenvalue weighted by Gasteiger charge is 2.13. The molecule has 1 unspecified atom stereocenters. The van der Waals surface area contributed by atoms with Crippen LogP contribution in [0, 0.1) is 0 Å². The van der Waals surface area contributed by atoms with Crippen molar-refractivity contribution in [3.63, 3.8) is 0 Å². The summed E-state index contributed by atoms with van der Waals surface area (Å²) in [5.74, 6) is -0.245. The van der Waals surface area contributed by atoms with E-state index in [2.05, 4.69) is 5.32 Å². The highest BCUT2D eigenvalue weighted by atomic mass is 19.1. The number of hydrogen-bond donors (Lipinski definition) is 2. The molecule has 0 aliphatic heterocycles. The Bertz CT molecular complexity index is 293. The van der Waals surface area contributed by atoms with E-state index in [1.165, 1.54) is 25.3 Å². The molecule has 3 nitrogen and oxygen atoms in total. The van der Waals surface area contributed by atoms with E-state index >= 15 is 0 Å². The molecule has 0 aromatic carbocycles. The van der Waals surface area contributed by atoms with Crippen molar-refractivity contribution in [3.05, 3.63) is 23.9 Å². The molecule has 0 saturated heterocycles. The van der Waals surface area contributed by atoms with Gasteiger partial charge in [0.1, 0.15) is 6.17 Å². The van der Waals surface area contributed by atoms with Crippen LogP contribution >= 0.6 is 0 Å². The number of aliphatic hydroxyl groups excluding tert-OH is 1. The molecule has 0 heterocycles. The molecule has 0 spiro atoms. The Labute approximate surface area is 96.0 Å². The van der Waals surface area contributed by atoms with Crippen LogP contribution in [0.5, 0.6) is 0 Å². The average Bonchev–Trinajstić information content (AvgIpc) is 2.22. The molecule has 0 aliphatic carbocycles. The van der Waals surface area contributed by atoms with E-state index in [4.69, 9.17) is 5.11 Å². The van der Waals surface area contributed by atoms with Gasteiger partial charge in [0.05, 0.1) is 12.1 Å². The molecular formula is C12H20FNO2. The highest BCUT2D eigenvalue weighted by Crippen LogP contribution is 2.03. The molecule has 0 rings (SSSR count). The fourth-order valence-corrected chi connectivity index (χ4v) is 0.772. The number of rotatable bonds is 6. The zero-order valence-electron chi connectivity index (χ0n) is 10.2. The smallest absolute Gasteiger partial charge is 0.182 e. The van der Waals surface area contributed by atoms with Crippen LogP contribution in [-0.4, -0.2) is 29.2 Å². The summed E-state index contributed by atoms with van der Waals surface area (Å²) in [7, 11) is 0. The van der Waals surface area contributed by atoms with Crippen LogP contribution in [0.4, 0.5) is 4.39 Å². The monoisotopic (exact) mass is 229 g/mol. The Morgan fingerprint density at radius 2 is 2.12 bits per heavy atom. The first kappa shape index (κ1) is 14.8. The summed E-state index contributed by atoms with van der Waals surface area (Å²) in [6.07, 6.45) is 2.82. The molecule has 0 aromatic heterocycles. The van der Waals surface area contributed by atoms with Gasteiger partial charge in [-0.3, -0.25) is 4.79 Å². The van der Waals surface area contributed by atoms with Gasteiger partial charge in [-0.15, -0.1) is 0 Å². The van der Waals surface area contributed by atoms with E-state index < -0.39 is 11.7 Å². The summed E-state index contributed by atoms with van der Waals surface area (Å²) in [4.78, 5) is 11.4. The Morgan fingerprint density at radius 3 is 2.56 bits per heavy atom. The molecule has 0 bridgehead atoms. The Morgan fingerprint density at radius 1 is 1.56 bits per heavy atom. The van der Waals surface area contributed by atoms with Gasteiger partial charge in [-0.05, 0) is 39.8 Å². The zero-order chi connectivity index (χ0) is 12.8. The van der Waals surface area contributed by atoms with E-state index in [-0.39, 0.29) is 12.4 Å². The first-order valence-corrected chi connectivity index (χ1v) is 5.20. The lowest BCUT2D eigenvalue weighted by molar-refractivity contribution is -0.111. The average molecular weight is 229 g/mol. The van der Waals surface area contributed by atoms with Crippen LogP contribution in [0.3, 0.4) is 0 Å². The minimum Gasteiger partial charge on any atom is -0.394 e.